The van der Waals surface area contributed by atoms with Crippen LogP contribution in [0.4, 0.5) is 0 Å². The third-order valence-corrected chi connectivity index (χ3v) is 1.34. The second kappa shape index (κ2) is 3.18. The maximum absolute atomic E-state index is 5.49. The van der Waals surface area contributed by atoms with E-state index in [-0.39, 0.29) is 5.60 Å². The molecule has 1 aromatic heterocycles. The molecule has 1 rings (SSSR count). The lowest BCUT2D eigenvalue weighted by atomic mass is 10.2. The lowest BCUT2D eigenvalue weighted by molar-refractivity contribution is -0.0193. The zero-order valence-electron chi connectivity index (χ0n) is 7.90. The first-order valence-corrected chi connectivity index (χ1v) is 3.84. The van der Waals surface area contributed by atoms with Crippen LogP contribution < -0.4 is 0 Å². The Morgan fingerprint density at radius 1 is 1.42 bits per heavy atom. The molecule has 0 aliphatic rings. The fourth-order valence-corrected chi connectivity index (χ4v) is 0.651. The van der Waals surface area contributed by atoms with E-state index in [1.807, 2.05) is 20.8 Å². The van der Waals surface area contributed by atoms with Crippen LogP contribution in [0.2, 0.25) is 0 Å². The van der Waals surface area contributed by atoms with Gasteiger partial charge in [-0.1, -0.05) is 0 Å². The van der Waals surface area contributed by atoms with Crippen molar-refractivity contribution in [3.05, 3.63) is 5.82 Å². The highest BCUT2D eigenvalue weighted by atomic mass is 16.5. The molecule has 0 saturated carbocycles. The summed E-state index contributed by atoms with van der Waals surface area (Å²) in [6.45, 7) is 6.44. The molecule has 1 heterocycles. The van der Waals surface area contributed by atoms with Gasteiger partial charge in [-0.15, -0.1) is 5.10 Å². The molecule has 1 aromatic rings. The van der Waals surface area contributed by atoms with Crippen LogP contribution in [-0.4, -0.2) is 25.8 Å². The van der Waals surface area contributed by atoms with Gasteiger partial charge < -0.3 is 4.74 Å². The maximum Gasteiger partial charge on any atom is 0.176 e. The molecule has 0 N–H and O–H groups in total. The van der Waals surface area contributed by atoms with Gasteiger partial charge in [-0.3, -0.25) is 0 Å². The van der Waals surface area contributed by atoms with Gasteiger partial charge in [-0.25, -0.2) is 4.68 Å². The summed E-state index contributed by atoms with van der Waals surface area (Å²) in [6.07, 6.45) is 0. The Labute approximate surface area is 71.7 Å². The van der Waals surface area contributed by atoms with E-state index in [4.69, 9.17) is 4.74 Å². The Morgan fingerprint density at radius 3 is 2.50 bits per heavy atom. The van der Waals surface area contributed by atoms with E-state index in [0.29, 0.717) is 6.61 Å². The zero-order chi connectivity index (χ0) is 9.19. The summed E-state index contributed by atoms with van der Waals surface area (Å²) in [5.41, 5.74) is -0.147. The molecule has 5 heteroatoms. The summed E-state index contributed by atoms with van der Waals surface area (Å²) in [5.74, 6) is 0.741. The predicted molar refractivity (Wildman–Crippen MR) is 43.3 cm³/mol. The standard InChI is InChI=1S/C7H14N4O/c1-7(2,3)12-5-6-8-9-10-11(6)4/h5H2,1-4H3. The fourth-order valence-electron chi connectivity index (χ4n) is 0.651. The van der Waals surface area contributed by atoms with E-state index < -0.39 is 0 Å². The highest BCUT2D eigenvalue weighted by molar-refractivity contribution is 4.76. The first-order chi connectivity index (χ1) is 5.49. The largest absolute Gasteiger partial charge is 0.368 e. The molecule has 0 atom stereocenters. The van der Waals surface area contributed by atoms with Crippen LogP contribution >= 0.6 is 0 Å². The molecule has 0 fully saturated rings. The maximum atomic E-state index is 5.49. The van der Waals surface area contributed by atoms with Crippen molar-refractivity contribution in [2.45, 2.75) is 33.0 Å². The van der Waals surface area contributed by atoms with Gasteiger partial charge >= 0.3 is 0 Å². The Morgan fingerprint density at radius 2 is 2.08 bits per heavy atom. The van der Waals surface area contributed by atoms with Crippen LogP contribution in [0.1, 0.15) is 26.6 Å². The van der Waals surface area contributed by atoms with Crippen molar-refractivity contribution in [3.63, 3.8) is 0 Å². The second-order valence-corrected chi connectivity index (χ2v) is 3.62. The molecule has 5 nitrogen and oxygen atoms in total. The molecular formula is C7H14N4O. The van der Waals surface area contributed by atoms with Crippen molar-refractivity contribution in [1.29, 1.82) is 0 Å². The van der Waals surface area contributed by atoms with Gasteiger partial charge in [0.25, 0.3) is 0 Å². The number of ether oxygens (including phenoxy) is 1. The molecule has 0 aromatic carbocycles. The summed E-state index contributed by atoms with van der Waals surface area (Å²) in [7, 11) is 1.79. The molecule has 12 heavy (non-hydrogen) atoms. The highest BCUT2D eigenvalue weighted by Gasteiger charge is 2.12. The van der Waals surface area contributed by atoms with E-state index in [9.17, 15) is 0 Å². The minimum Gasteiger partial charge on any atom is -0.368 e. The number of nitrogens with zero attached hydrogens (tertiary/aromatic N) is 4. The van der Waals surface area contributed by atoms with Crippen molar-refractivity contribution < 1.29 is 4.74 Å². The number of aromatic nitrogens is 4. The summed E-state index contributed by atoms with van der Waals surface area (Å²) in [5, 5.41) is 11.0. The topological polar surface area (TPSA) is 52.8 Å². The van der Waals surface area contributed by atoms with Gasteiger partial charge in [-0.2, -0.15) is 0 Å². The van der Waals surface area contributed by atoms with Crippen molar-refractivity contribution in [2.75, 3.05) is 0 Å². The normalized spacial score (nSPS) is 12.0. The number of hydrogen-bond acceptors (Lipinski definition) is 4. The first kappa shape index (κ1) is 9.12. The summed E-state index contributed by atoms with van der Waals surface area (Å²) in [4.78, 5) is 0. The number of rotatable bonds is 2. The average molecular weight is 170 g/mol. The molecule has 68 valence electrons. The molecule has 0 spiro atoms. The van der Waals surface area contributed by atoms with Crippen LogP contribution in [0.25, 0.3) is 0 Å². The second-order valence-electron chi connectivity index (χ2n) is 3.62. The Hall–Kier alpha value is -0.970. The molecule has 0 bridgehead atoms. The van der Waals surface area contributed by atoms with Gasteiger partial charge in [0.05, 0.1) is 5.60 Å². The fraction of sp³-hybridized carbons (Fsp3) is 0.857. The van der Waals surface area contributed by atoms with Gasteiger partial charge in [0.2, 0.25) is 0 Å². The van der Waals surface area contributed by atoms with Crippen molar-refractivity contribution in [3.8, 4) is 0 Å². The first-order valence-electron chi connectivity index (χ1n) is 3.84. The van der Waals surface area contributed by atoms with E-state index in [1.165, 1.54) is 0 Å². The number of hydrogen-bond donors (Lipinski definition) is 0. The molecule has 0 aliphatic carbocycles. The quantitative estimate of drug-likeness (QED) is 0.649. The Bertz CT molecular complexity index is 250. The predicted octanol–water partition coefficient (Wildman–Crippen LogP) is 0.525. The van der Waals surface area contributed by atoms with Crippen molar-refractivity contribution in [1.82, 2.24) is 20.2 Å². The van der Waals surface area contributed by atoms with Gasteiger partial charge in [0, 0.05) is 7.05 Å². The highest BCUT2D eigenvalue weighted by Crippen LogP contribution is 2.08. The van der Waals surface area contributed by atoms with Crippen molar-refractivity contribution in [2.24, 2.45) is 7.05 Å². The SMILES string of the molecule is Cn1nnnc1COC(C)(C)C. The minimum atomic E-state index is -0.147. The van der Waals surface area contributed by atoms with Crippen LogP contribution in [0.15, 0.2) is 0 Å². The molecule has 0 radical (unpaired) electrons. The van der Waals surface area contributed by atoms with Gasteiger partial charge in [0.15, 0.2) is 5.82 Å². The summed E-state index contributed by atoms with van der Waals surface area (Å²) >= 11 is 0. The molecule has 0 amide bonds. The molecular weight excluding hydrogens is 156 g/mol. The van der Waals surface area contributed by atoms with Crippen LogP contribution in [0.3, 0.4) is 0 Å². The summed E-state index contributed by atoms with van der Waals surface area (Å²) in [6, 6.07) is 0. The lowest BCUT2D eigenvalue weighted by Gasteiger charge is -2.18. The van der Waals surface area contributed by atoms with Crippen LogP contribution in [-0.2, 0) is 18.4 Å². The van der Waals surface area contributed by atoms with E-state index in [2.05, 4.69) is 15.5 Å². The Kier molecular flexibility index (Phi) is 2.42. The van der Waals surface area contributed by atoms with E-state index in [0.717, 1.165) is 5.82 Å². The van der Waals surface area contributed by atoms with Crippen molar-refractivity contribution >= 4 is 0 Å². The average Bonchev–Trinajstić information content (AvgIpc) is 2.29. The number of tetrazole rings is 1. The summed E-state index contributed by atoms with van der Waals surface area (Å²) < 4.78 is 7.09. The zero-order valence-corrected chi connectivity index (χ0v) is 7.90. The van der Waals surface area contributed by atoms with Gasteiger partial charge in [0.1, 0.15) is 6.61 Å². The van der Waals surface area contributed by atoms with Crippen LogP contribution in [0.5, 0.6) is 0 Å². The molecule has 0 unspecified atom stereocenters. The van der Waals surface area contributed by atoms with E-state index in [1.54, 1.807) is 11.7 Å². The lowest BCUT2D eigenvalue weighted by Crippen LogP contribution is -2.20. The monoisotopic (exact) mass is 170 g/mol. The number of aryl methyl sites for hydroxylation is 1. The molecule has 0 aliphatic heterocycles. The van der Waals surface area contributed by atoms with Crippen LogP contribution in [0, 0.1) is 0 Å². The van der Waals surface area contributed by atoms with E-state index >= 15 is 0 Å². The third kappa shape index (κ3) is 2.58. The van der Waals surface area contributed by atoms with Gasteiger partial charge in [-0.05, 0) is 31.2 Å². The third-order valence-electron chi connectivity index (χ3n) is 1.34. The minimum absolute atomic E-state index is 0.147. The smallest absolute Gasteiger partial charge is 0.176 e. The Balaban J connectivity index is 2.49. The molecule has 0 saturated heterocycles.